The highest BCUT2D eigenvalue weighted by molar-refractivity contribution is 6.33. The highest BCUT2D eigenvalue weighted by Gasteiger charge is 2.18. The van der Waals surface area contributed by atoms with Crippen LogP contribution in [0.2, 0.25) is 5.02 Å². The van der Waals surface area contributed by atoms with E-state index in [1.165, 1.54) is 20.1 Å². The van der Waals surface area contributed by atoms with Gasteiger partial charge in [-0.05, 0) is 25.1 Å². The van der Waals surface area contributed by atoms with Gasteiger partial charge in [0.1, 0.15) is 11.9 Å². The Kier molecular flexibility index (Phi) is 4.45. The number of halogens is 2. The number of carbonyl (C=O) groups excluding carboxylic acids is 2. The van der Waals surface area contributed by atoms with Crippen LogP contribution in [0.25, 0.3) is 0 Å². The first-order valence-electron chi connectivity index (χ1n) is 4.79. The monoisotopic (exact) mass is 259 g/mol. The molecule has 1 rings (SSSR count). The second-order valence-electron chi connectivity index (χ2n) is 3.34. The molecule has 4 nitrogen and oxygen atoms in total. The number of amides is 1. The number of esters is 1. The predicted molar refractivity (Wildman–Crippen MR) is 60.4 cm³/mol. The van der Waals surface area contributed by atoms with Crippen LogP contribution in [0.3, 0.4) is 0 Å². The molecule has 0 fully saturated rings. The molecular weight excluding hydrogens is 249 g/mol. The van der Waals surface area contributed by atoms with Crippen molar-refractivity contribution in [3.05, 3.63) is 34.6 Å². The molecule has 1 amide bonds. The molecule has 92 valence electrons. The van der Waals surface area contributed by atoms with Crippen LogP contribution >= 0.6 is 11.6 Å². The van der Waals surface area contributed by atoms with Gasteiger partial charge in [0.15, 0.2) is 0 Å². The number of benzene rings is 1. The number of ether oxygens (including phenoxy) is 1. The van der Waals surface area contributed by atoms with E-state index in [0.29, 0.717) is 0 Å². The standard InChI is InChI=1S/C11H11ClFNO3/c1-6(11(16)17-2)14-10(15)8-4-3-7(13)5-9(8)12/h3-6H,1-2H3,(H,14,15). The van der Waals surface area contributed by atoms with Gasteiger partial charge in [-0.15, -0.1) is 0 Å². The summed E-state index contributed by atoms with van der Waals surface area (Å²) < 4.78 is 17.2. The maximum Gasteiger partial charge on any atom is 0.328 e. The molecule has 1 aromatic rings. The Labute approximate surface area is 103 Å². The van der Waals surface area contributed by atoms with Crippen LogP contribution in [0.15, 0.2) is 18.2 Å². The largest absolute Gasteiger partial charge is 0.467 e. The van der Waals surface area contributed by atoms with Gasteiger partial charge in [0, 0.05) is 0 Å². The molecule has 1 atom stereocenters. The predicted octanol–water partition coefficient (Wildman–Crippen LogP) is 1.77. The topological polar surface area (TPSA) is 55.4 Å². The average Bonchev–Trinajstić information content (AvgIpc) is 2.27. The van der Waals surface area contributed by atoms with Crippen molar-refractivity contribution in [2.75, 3.05) is 7.11 Å². The molecule has 0 aromatic heterocycles. The molecule has 6 heteroatoms. The normalized spacial score (nSPS) is 11.8. The first-order valence-corrected chi connectivity index (χ1v) is 5.17. The third-order valence-corrected chi connectivity index (χ3v) is 2.39. The number of carbonyl (C=O) groups is 2. The van der Waals surface area contributed by atoms with Crippen LogP contribution in [-0.2, 0) is 9.53 Å². The van der Waals surface area contributed by atoms with Gasteiger partial charge in [-0.2, -0.15) is 0 Å². The van der Waals surface area contributed by atoms with Crippen molar-refractivity contribution in [2.24, 2.45) is 0 Å². The number of methoxy groups -OCH3 is 1. The summed E-state index contributed by atoms with van der Waals surface area (Å²) in [5.41, 5.74) is 0.101. The third-order valence-electron chi connectivity index (χ3n) is 2.08. The molecule has 1 unspecified atom stereocenters. The van der Waals surface area contributed by atoms with Gasteiger partial charge in [0.2, 0.25) is 0 Å². The lowest BCUT2D eigenvalue weighted by atomic mass is 10.2. The van der Waals surface area contributed by atoms with Crippen molar-refractivity contribution in [3.63, 3.8) is 0 Å². The Morgan fingerprint density at radius 3 is 2.65 bits per heavy atom. The molecule has 0 aliphatic rings. The minimum atomic E-state index is -0.798. The molecule has 0 saturated carbocycles. The van der Waals surface area contributed by atoms with Gasteiger partial charge in [0.25, 0.3) is 5.91 Å². The van der Waals surface area contributed by atoms with Gasteiger partial charge in [-0.25, -0.2) is 9.18 Å². The summed E-state index contributed by atoms with van der Waals surface area (Å²) in [6, 6.07) is 2.59. The highest BCUT2D eigenvalue weighted by Crippen LogP contribution is 2.17. The highest BCUT2D eigenvalue weighted by atomic mass is 35.5. The number of hydrogen-bond donors (Lipinski definition) is 1. The van der Waals surface area contributed by atoms with E-state index in [9.17, 15) is 14.0 Å². The average molecular weight is 260 g/mol. The van der Waals surface area contributed by atoms with Crippen molar-refractivity contribution in [3.8, 4) is 0 Å². The molecule has 0 aliphatic heterocycles. The van der Waals surface area contributed by atoms with Crippen LogP contribution in [0, 0.1) is 5.82 Å². The van der Waals surface area contributed by atoms with Crippen LogP contribution < -0.4 is 5.32 Å². The maximum atomic E-state index is 12.8. The number of nitrogens with one attached hydrogen (secondary N) is 1. The molecule has 0 radical (unpaired) electrons. The molecule has 0 spiro atoms. The smallest absolute Gasteiger partial charge is 0.328 e. The Morgan fingerprint density at radius 1 is 1.47 bits per heavy atom. The van der Waals surface area contributed by atoms with Crippen LogP contribution in [0.5, 0.6) is 0 Å². The van der Waals surface area contributed by atoms with E-state index < -0.39 is 23.7 Å². The number of hydrogen-bond acceptors (Lipinski definition) is 3. The van der Waals surface area contributed by atoms with E-state index in [2.05, 4.69) is 10.1 Å². The van der Waals surface area contributed by atoms with Crippen molar-refractivity contribution in [1.29, 1.82) is 0 Å². The van der Waals surface area contributed by atoms with Crippen molar-refractivity contribution in [1.82, 2.24) is 5.32 Å². The van der Waals surface area contributed by atoms with E-state index in [1.54, 1.807) is 0 Å². The van der Waals surface area contributed by atoms with Crippen molar-refractivity contribution >= 4 is 23.5 Å². The van der Waals surface area contributed by atoms with Gasteiger partial charge in [0.05, 0.1) is 17.7 Å². The van der Waals surface area contributed by atoms with Gasteiger partial charge < -0.3 is 10.1 Å². The van der Waals surface area contributed by atoms with E-state index in [4.69, 9.17) is 11.6 Å². The lowest BCUT2D eigenvalue weighted by Crippen LogP contribution is -2.39. The molecule has 0 bridgehead atoms. The maximum absolute atomic E-state index is 12.8. The fourth-order valence-electron chi connectivity index (χ4n) is 1.18. The molecular formula is C11H11ClFNO3. The zero-order valence-corrected chi connectivity index (χ0v) is 10.0. The van der Waals surface area contributed by atoms with Crippen LogP contribution in [0.1, 0.15) is 17.3 Å². The first kappa shape index (κ1) is 13.4. The minimum Gasteiger partial charge on any atom is -0.467 e. The molecule has 17 heavy (non-hydrogen) atoms. The van der Waals surface area contributed by atoms with E-state index >= 15 is 0 Å². The van der Waals surface area contributed by atoms with E-state index in [-0.39, 0.29) is 10.6 Å². The summed E-state index contributed by atoms with van der Waals surface area (Å²) in [6.07, 6.45) is 0. The van der Waals surface area contributed by atoms with Gasteiger partial charge in [-0.1, -0.05) is 11.6 Å². The zero-order valence-electron chi connectivity index (χ0n) is 9.29. The molecule has 0 heterocycles. The lowest BCUT2D eigenvalue weighted by Gasteiger charge is -2.12. The quantitative estimate of drug-likeness (QED) is 0.842. The third kappa shape index (κ3) is 3.42. The summed E-state index contributed by atoms with van der Waals surface area (Å²) in [6.45, 7) is 1.47. The molecule has 0 saturated heterocycles. The Morgan fingerprint density at radius 2 is 2.12 bits per heavy atom. The van der Waals surface area contributed by atoms with Crippen molar-refractivity contribution in [2.45, 2.75) is 13.0 Å². The van der Waals surface area contributed by atoms with E-state index in [1.807, 2.05) is 0 Å². The summed E-state index contributed by atoms with van der Waals surface area (Å²) in [7, 11) is 1.22. The summed E-state index contributed by atoms with van der Waals surface area (Å²) in [5, 5.41) is 2.37. The van der Waals surface area contributed by atoms with Crippen LogP contribution in [0.4, 0.5) is 4.39 Å². The van der Waals surface area contributed by atoms with Gasteiger partial charge in [-0.3, -0.25) is 4.79 Å². The summed E-state index contributed by atoms with van der Waals surface area (Å²) in [5.74, 6) is -1.67. The van der Waals surface area contributed by atoms with E-state index in [0.717, 1.165) is 12.1 Å². The van der Waals surface area contributed by atoms with Gasteiger partial charge >= 0.3 is 5.97 Å². The molecule has 0 aliphatic carbocycles. The summed E-state index contributed by atoms with van der Waals surface area (Å²) in [4.78, 5) is 22.8. The molecule has 1 aromatic carbocycles. The summed E-state index contributed by atoms with van der Waals surface area (Å²) >= 11 is 5.70. The number of rotatable bonds is 3. The Bertz CT molecular complexity index is 450. The van der Waals surface area contributed by atoms with Crippen molar-refractivity contribution < 1.29 is 18.7 Å². The second-order valence-corrected chi connectivity index (χ2v) is 3.75. The van der Waals surface area contributed by atoms with Crippen LogP contribution in [-0.4, -0.2) is 25.0 Å². The Hall–Kier alpha value is -1.62. The Balaban J connectivity index is 2.80. The SMILES string of the molecule is COC(=O)C(C)NC(=O)c1ccc(F)cc1Cl. The molecule has 1 N–H and O–H groups in total. The lowest BCUT2D eigenvalue weighted by molar-refractivity contribution is -0.142. The fraction of sp³-hybridized carbons (Fsp3) is 0.273. The minimum absolute atomic E-state index is 0.0143. The zero-order chi connectivity index (χ0) is 13.0. The second kappa shape index (κ2) is 5.63. The first-order chi connectivity index (χ1) is 7.95. The fourth-order valence-corrected chi connectivity index (χ4v) is 1.44.